The van der Waals surface area contributed by atoms with Crippen molar-refractivity contribution in [2.24, 2.45) is 7.05 Å². The van der Waals surface area contributed by atoms with Crippen LogP contribution in [-0.2, 0) is 7.05 Å². The second-order valence-electron chi connectivity index (χ2n) is 5.44. The Morgan fingerprint density at radius 1 is 1.53 bits per heavy atom. The third-order valence-corrected chi connectivity index (χ3v) is 4.26. The molecule has 108 valence electrons. The van der Waals surface area contributed by atoms with Crippen molar-refractivity contribution in [1.29, 1.82) is 0 Å². The average Bonchev–Trinajstić information content (AvgIpc) is 2.64. The summed E-state index contributed by atoms with van der Waals surface area (Å²) >= 11 is 1.72. The molecule has 0 aromatic carbocycles. The highest BCUT2D eigenvalue weighted by Crippen LogP contribution is 2.33. The smallest absolute Gasteiger partial charge is 0.334 e. The molecule has 0 unspecified atom stereocenters. The van der Waals surface area contributed by atoms with Gasteiger partial charge in [-0.3, -0.25) is 10.1 Å². The van der Waals surface area contributed by atoms with Crippen molar-refractivity contribution in [2.45, 2.75) is 38.4 Å². The number of nitro groups is 1. The highest BCUT2D eigenvalue weighted by molar-refractivity contribution is 7.99. The first-order chi connectivity index (χ1) is 8.69. The molecule has 0 aliphatic carbocycles. The van der Waals surface area contributed by atoms with Crippen LogP contribution in [0.25, 0.3) is 0 Å². The predicted octanol–water partition coefficient (Wildman–Crippen LogP) is 3.01. The summed E-state index contributed by atoms with van der Waals surface area (Å²) in [7, 11) is 1.73. The fraction of sp³-hybridized carbons (Fsp3) is 0.750. The molecular weight excluding hydrogens is 264 g/mol. The Hall–Kier alpha value is -1.24. The van der Waals surface area contributed by atoms with Crippen molar-refractivity contribution in [2.75, 3.05) is 18.1 Å². The molecule has 0 amide bonds. The number of nitrogens with zero attached hydrogens (tertiary/aromatic N) is 3. The number of anilines is 1. The van der Waals surface area contributed by atoms with Crippen LogP contribution in [0.15, 0.2) is 0 Å². The number of nitrogens with one attached hydrogen (secondary N) is 1. The lowest BCUT2D eigenvalue weighted by Crippen LogP contribution is -2.26. The van der Waals surface area contributed by atoms with Crippen molar-refractivity contribution in [3.05, 3.63) is 15.8 Å². The lowest BCUT2D eigenvalue weighted by atomic mass is 10.1. The lowest BCUT2D eigenvalue weighted by Gasteiger charge is -2.22. The van der Waals surface area contributed by atoms with E-state index in [9.17, 15) is 10.1 Å². The van der Waals surface area contributed by atoms with Crippen LogP contribution in [0, 0.1) is 10.1 Å². The monoisotopic (exact) mass is 286 g/mol. The van der Waals surface area contributed by atoms with E-state index in [1.165, 1.54) is 0 Å². The number of rotatable bonds is 6. The molecule has 1 rings (SSSR count). The summed E-state index contributed by atoms with van der Waals surface area (Å²) in [4.78, 5) is 10.9. The lowest BCUT2D eigenvalue weighted by molar-refractivity contribution is -0.384. The quantitative estimate of drug-likeness (QED) is 0.643. The largest absolute Gasteiger partial charge is 0.363 e. The molecule has 0 fully saturated rings. The van der Waals surface area contributed by atoms with E-state index in [0.29, 0.717) is 18.1 Å². The van der Waals surface area contributed by atoms with Crippen LogP contribution in [0.3, 0.4) is 0 Å². The first-order valence-corrected chi connectivity index (χ1v) is 7.42. The molecule has 19 heavy (non-hydrogen) atoms. The molecule has 6 nitrogen and oxygen atoms in total. The summed E-state index contributed by atoms with van der Waals surface area (Å²) in [5.74, 6) is 0.506. The van der Waals surface area contributed by atoms with Gasteiger partial charge in [-0.2, -0.15) is 16.9 Å². The molecule has 0 aliphatic heterocycles. The Morgan fingerprint density at radius 3 is 2.53 bits per heavy atom. The molecule has 7 heteroatoms. The molecule has 1 heterocycles. The molecule has 0 bridgehead atoms. The first kappa shape index (κ1) is 15.8. The summed E-state index contributed by atoms with van der Waals surface area (Å²) in [6.45, 7) is 8.65. The van der Waals surface area contributed by atoms with Crippen LogP contribution >= 0.6 is 11.8 Å². The van der Waals surface area contributed by atoms with Crippen LogP contribution in [0.1, 0.15) is 39.3 Å². The molecule has 0 radical (unpaired) electrons. The first-order valence-electron chi connectivity index (χ1n) is 6.20. The zero-order valence-electron chi connectivity index (χ0n) is 12.4. The van der Waals surface area contributed by atoms with E-state index in [2.05, 4.69) is 24.3 Å². The molecule has 0 spiro atoms. The summed E-state index contributed by atoms with van der Waals surface area (Å²) in [6, 6.07) is 0. The van der Waals surface area contributed by atoms with Crippen molar-refractivity contribution in [3.8, 4) is 0 Å². The van der Waals surface area contributed by atoms with Crippen molar-refractivity contribution < 1.29 is 4.92 Å². The van der Waals surface area contributed by atoms with Crippen molar-refractivity contribution in [1.82, 2.24) is 9.78 Å². The molecule has 1 N–H and O–H groups in total. The zero-order chi connectivity index (χ0) is 14.8. The second kappa shape index (κ2) is 5.81. The normalized spacial score (nSPS) is 11.9. The van der Waals surface area contributed by atoms with Crippen LogP contribution in [-0.4, -0.2) is 32.3 Å². The van der Waals surface area contributed by atoms with Gasteiger partial charge in [-0.05, 0) is 20.1 Å². The predicted molar refractivity (Wildman–Crippen MR) is 80.0 cm³/mol. The van der Waals surface area contributed by atoms with Gasteiger partial charge in [-0.1, -0.05) is 13.8 Å². The maximum atomic E-state index is 11.3. The highest BCUT2D eigenvalue weighted by Gasteiger charge is 2.29. The van der Waals surface area contributed by atoms with Crippen LogP contribution in [0.4, 0.5) is 11.5 Å². The van der Waals surface area contributed by atoms with Crippen LogP contribution < -0.4 is 5.32 Å². The summed E-state index contributed by atoms with van der Waals surface area (Å²) in [6.07, 6.45) is 2.03. The number of thioether (sulfide) groups is 1. The third-order valence-electron chi connectivity index (χ3n) is 3.01. The number of hydrogen-bond donors (Lipinski definition) is 1. The van der Waals surface area contributed by atoms with Gasteiger partial charge in [0.1, 0.15) is 5.69 Å². The average molecular weight is 286 g/mol. The zero-order valence-corrected chi connectivity index (χ0v) is 13.2. The Kier molecular flexibility index (Phi) is 4.84. The minimum absolute atomic E-state index is 0.0101. The molecule has 0 saturated heterocycles. The fourth-order valence-corrected chi connectivity index (χ4v) is 1.89. The van der Waals surface area contributed by atoms with Crippen LogP contribution in [0.5, 0.6) is 0 Å². The summed E-state index contributed by atoms with van der Waals surface area (Å²) in [5, 5.41) is 18.7. The van der Waals surface area contributed by atoms with Crippen molar-refractivity contribution >= 4 is 23.3 Å². The molecule has 0 saturated carbocycles. The van der Waals surface area contributed by atoms with Gasteiger partial charge in [0, 0.05) is 24.3 Å². The van der Waals surface area contributed by atoms with E-state index in [1.807, 2.05) is 20.1 Å². The van der Waals surface area contributed by atoms with E-state index in [-0.39, 0.29) is 21.3 Å². The molecule has 1 aromatic heterocycles. The number of aromatic nitrogens is 2. The Balaban J connectivity index is 3.10. The van der Waals surface area contributed by atoms with Gasteiger partial charge < -0.3 is 5.32 Å². The summed E-state index contributed by atoms with van der Waals surface area (Å²) in [5.41, 5.74) is 0.617. The molecule has 0 atom stereocenters. The molecular formula is C12H22N4O2S. The summed E-state index contributed by atoms with van der Waals surface area (Å²) < 4.78 is 1.57. The third kappa shape index (κ3) is 3.62. The maximum absolute atomic E-state index is 11.3. The fourth-order valence-electron chi connectivity index (χ4n) is 1.67. The van der Waals surface area contributed by atoms with Crippen LogP contribution in [0.2, 0.25) is 0 Å². The van der Waals surface area contributed by atoms with E-state index < -0.39 is 0 Å². The topological polar surface area (TPSA) is 73.0 Å². The van der Waals surface area contributed by atoms with Gasteiger partial charge in [-0.25, -0.2) is 4.68 Å². The maximum Gasteiger partial charge on any atom is 0.334 e. The Labute approximate surface area is 118 Å². The van der Waals surface area contributed by atoms with E-state index in [1.54, 1.807) is 23.5 Å². The van der Waals surface area contributed by atoms with Gasteiger partial charge in [-0.15, -0.1) is 0 Å². The van der Waals surface area contributed by atoms with Gasteiger partial charge in [0.15, 0.2) is 0 Å². The van der Waals surface area contributed by atoms with Gasteiger partial charge in [0.05, 0.1) is 4.92 Å². The standard InChI is InChI=1S/C12H22N4O2S/c1-8(2)9-10(16(17)18)11(15(5)14-9)13-7-12(3,4)19-6/h8,13H,7H2,1-6H3. The Bertz CT molecular complexity index is 469. The van der Waals surface area contributed by atoms with E-state index >= 15 is 0 Å². The van der Waals surface area contributed by atoms with Gasteiger partial charge >= 0.3 is 5.69 Å². The highest BCUT2D eigenvalue weighted by atomic mass is 32.2. The molecule has 1 aromatic rings. The minimum atomic E-state index is -0.350. The molecule has 0 aliphatic rings. The van der Waals surface area contributed by atoms with Gasteiger partial charge in [0.25, 0.3) is 0 Å². The Morgan fingerprint density at radius 2 is 2.11 bits per heavy atom. The van der Waals surface area contributed by atoms with E-state index in [0.717, 1.165) is 0 Å². The SMILES string of the molecule is CSC(C)(C)CNc1c([N+](=O)[O-])c(C(C)C)nn1C. The van der Waals surface area contributed by atoms with Crippen molar-refractivity contribution in [3.63, 3.8) is 0 Å². The van der Waals surface area contributed by atoms with Gasteiger partial charge in [0.2, 0.25) is 5.82 Å². The second-order valence-corrected chi connectivity index (χ2v) is 6.95. The number of hydrogen-bond acceptors (Lipinski definition) is 5. The van der Waals surface area contributed by atoms with E-state index in [4.69, 9.17) is 0 Å². The minimum Gasteiger partial charge on any atom is -0.363 e. The number of aryl methyl sites for hydroxylation is 1.